The van der Waals surface area contributed by atoms with Gasteiger partial charge in [0.05, 0.1) is 10.0 Å². The van der Waals surface area contributed by atoms with E-state index < -0.39 is 16.0 Å². The molecule has 116 valence electrons. The average molecular weight is 348 g/mol. The van der Waals surface area contributed by atoms with Gasteiger partial charge in [-0.05, 0) is 37.5 Å². The smallest absolute Gasteiger partial charge is 0.235 e. The Morgan fingerprint density at radius 3 is 2.62 bits per heavy atom. The highest BCUT2D eigenvalue weighted by atomic mass is 35.5. The van der Waals surface area contributed by atoms with Crippen molar-refractivity contribution < 1.29 is 9.00 Å². The average Bonchev–Trinajstić information content (AvgIpc) is 2.94. The van der Waals surface area contributed by atoms with Gasteiger partial charge in [-0.1, -0.05) is 42.1 Å². The highest BCUT2D eigenvalue weighted by molar-refractivity contribution is 7.85. The number of rotatable bonds is 5. The number of hydrogen-bond donors (Lipinski definition) is 1. The lowest BCUT2D eigenvalue weighted by Crippen LogP contribution is -2.40. The lowest BCUT2D eigenvalue weighted by atomic mass is 10.2. The zero-order valence-electron chi connectivity index (χ0n) is 11.9. The van der Waals surface area contributed by atoms with E-state index in [1.165, 1.54) is 0 Å². The quantitative estimate of drug-likeness (QED) is 0.882. The van der Waals surface area contributed by atoms with Crippen LogP contribution in [0.5, 0.6) is 0 Å². The van der Waals surface area contributed by atoms with Crippen LogP contribution in [0.3, 0.4) is 0 Å². The third-order valence-electron chi connectivity index (χ3n) is 3.76. The molecule has 1 N–H and O–H groups in total. The van der Waals surface area contributed by atoms with Crippen molar-refractivity contribution in [2.75, 3.05) is 0 Å². The fraction of sp³-hybridized carbons (Fsp3) is 0.533. The van der Waals surface area contributed by atoms with E-state index in [2.05, 4.69) is 5.32 Å². The van der Waals surface area contributed by atoms with Gasteiger partial charge in [0.15, 0.2) is 0 Å². The van der Waals surface area contributed by atoms with Crippen LogP contribution >= 0.6 is 23.2 Å². The molecule has 3 nitrogen and oxygen atoms in total. The third kappa shape index (κ3) is 4.70. The number of hydrogen-bond acceptors (Lipinski definition) is 2. The summed E-state index contributed by atoms with van der Waals surface area (Å²) in [7, 11) is -1.27. The van der Waals surface area contributed by atoms with Gasteiger partial charge in [0.1, 0.15) is 5.25 Å². The molecule has 6 heteroatoms. The van der Waals surface area contributed by atoms with Crippen LogP contribution in [-0.2, 0) is 21.3 Å². The van der Waals surface area contributed by atoms with E-state index in [4.69, 9.17) is 23.2 Å². The minimum Gasteiger partial charge on any atom is -0.352 e. The summed E-state index contributed by atoms with van der Waals surface area (Å²) in [4.78, 5) is 12.1. The molecule has 2 atom stereocenters. The van der Waals surface area contributed by atoms with Gasteiger partial charge in [-0.25, -0.2) is 0 Å². The Labute approximate surface area is 137 Å². The molecule has 1 amide bonds. The van der Waals surface area contributed by atoms with Gasteiger partial charge >= 0.3 is 0 Å². The molecule has 0 heterocycles. The molecular weight excluding hydrogens is 329 g/mol. The molecule has 0 bridgehead atoms. The maximum atomic E-state index is 12.3. The van der Waals surface area contributed by atoms with Crippen LogP contribution in [0.2, 0.25) is 10.0 Å². The molecule has 0 radical (unpaired) electrons. The van der Waals surface area contributed by atoms with Crippen molar-refractivity contribution in [3.63, 3.8) is 0 Å². The van der Waals surface area contributed by atoms with Crippen LogP contribution in [0.25, 0.3) is 0 Å². The first-order chi connectivity index (χ1) is 9.97. The van der Waals surface area contributed by atoms with Crippen LogP contribution in [0.1, 0.15) is 38.2 Å². The molecule has 0 spiro atoms. The second kappa shape index (κ2) is 7.61. The predicted octanol–water partition coefficient (Wildman–Crippen LogP) is 3.69. The maximum absolute atomic E-state index is 12.3. The van der Waals surface area contributed by atoms with Crippen LogP contribution in [0, 0.1) is 0 Å². The summed E-state index contributed by atoms with van der Waals surface area (Å²) in [6, 6.07) is 5.42. The summed E-state index contributed by atoms with van der Waals surface area (Å²) >= 11 is 11.8. The molecule has 1 fully saturated rings. The van der Waals surface area contributed by atoms with Crippen molar-refractivity contribution in [3.05, 3.63) is 33.8 Å². The van der Waals surface area contributed by atoms with Crippen LogP contribution in [0.4, 0.5) is 0 Å². The summed E-state index contributed by atoms with van der Waals surface area (Å²) in [6.07, 6.45) is 4.37. The molecular formula is C15H19Cl2NO2S. The van der Waals surface area contributed by atoms with E-state index in [1.807, 2.05) is 0 Å². The third-order valence-corrected chi connectivity index (χ3v) is 6.12. The normalized spacial score (nSPS) is 18.4. The van der Waals surface area contributed by atoms with Crippen LogP contribution in [-0.4, -0.2) is 21.4 Å². The molecule has 1 aliphatic rings. The zero-order chi connectivity index (χ0) is 15.4. The summed E-state index contributed by atoms with van der Waals surface area (Å²) in [6.45, 7) is 1.71. The molecule has 1 aromatic rings. The van der Waals surface area contributed by atoms with Crippen molar-refractivity contribution in [2.24, 2.45) is 0 Å². The fourth-order valence-electron chi connectivity index (χ4n) is 2.43. The molecule has 0 aromatic heterocycles. The van der Waals surface area contributed by atoms with Gasteiger partial charge in [0, 0.05) is 22.6 Å². The predicted molar refractivity (Wildman–Crippen MR) is 88.2 cm³/mol. The number of carbonyl (C=O) groups is 1. The highest BCUT2D eigenvalue weighted by Gasteiger charge is 2.24. The summed E-state index contributed by atoms with van der Waals surface area (Å²) in [5, 5.41) is 3.37. The van der Waals surface area contributed by atoms with E-state index >= 15 is 0 Å². The van der Waals surface area contributed by atoms with Gasteiger partial charge in [0.25, 0.3) is 0 Å². The number of nitrogens with one attached hydrogen (secondary N) is 1. The molecule has 0 unspecified atom stereocenters. The molecule has 2 rings (SSSR count). The van der Waals surface area contributed by atoms with Crippen molar-refractivity contribution in [1.82, 2.24) is 5.32 Å². The number of benzene rings is 1. The van der Waals surface area contributed by atoms with Gasteiger partial charge < -0.3 is 5.32 Å². The second-order valence-corrected chi connectivity index (χ2v) is 7.98. The number of halogens is 2. The Morgan fingerprint density at radius 2 is 2.00 bits per heavy atom. The number of amides is 1. The van der Waals surface area contributed by atoms with Crippen molar-refractivity contribution in [1.29, 1.82) is 0 Å². The molecule has 0 saturated heterocycles. The maximum Gasteiger partial charge on any atom is 0.235 e. The Bertz CT molecular complexity index is 544. The van der Waals surface area contributed by atoms with Gasteiger partial charge in [-0.2, -0.15) is 0 Å². The van der Waals surface area contributed by atoms with Crippen LogP contribution < -0.4 is 5.32 Å². The second-order valence-electron chi connectivity index (χ2n) is 5.41. The minimum absolute atomic E-state index is 0.125. The zero-order valence-corrected chi connectivity index (χ0v) is 14.2. The largest absolute Gasteiger partial charge is 0.352 e. The Morgan fingerprint density at radius 1 is 1.33 bits per heavy atom. The highest BCUT2D eigenvalue weighted by Crippen LogP contribution is 2.23. The van der Waals surface area contributed by atoms with Gasteiger partial charge in [0.2, 0.25) is 5.91 Å². The first kappa shape index (κ1) is 16.8. The van der Waals surface area contributed by atoms with Crippen molar-refractivity contribution in [2.45, 2.75) is 49.7 Å². The first-order valence-corrected chi connectivity index (χ1v) is 9.22. The van der Waals surface area contributed by atoms with E-state index in [1.54, 1.807) is 25.1 Å². The van der Waals surface area contributed by atoms with E-state index in [0.717, 1.165) is 31.2 Å². The summed E-state index contributed by atoms with van der Waals surface area (Å²) in [5.74, 6) is 0.177. The molecule has 1 saturated carbocycles. The number of carbonyl (C=O) groups excluding carboxylic acids is 1. The Balaban J connectivity index is 1.91. The first-order valence-electron chi connectivity index (χ1n) is 7.09. The Kier molecular flexibility index (Phi) is 6.08. The molecule has 0 aliphatic heterocycles. The van der Waals surface area contributed by atoms with E-state index in [-0.39, 0.29) is 11.9 Å². The van der Waals surface area contributed by atoms with Crippen molar-refractivity contribution >= 4 is 39.9 Å². The monoisotopic (exact) mass is 347 g/mol. The molecule has 1 aromatic carbocycles. The van der Waals surface area contributed by atoms with Crippen molar-refractivity contribution in [3.8, 4) is 0 Å². The van der Waals surface area contributed by atoms with Crippen LogP contribution in [0.15, 0.2) is 18.2 Å². The standard InChI is InChI=1S/C15H19Cl2NO2S/c1-10(15(19)18-12-4-2-3-5-12)21(20)9-11-6-7-13(16)14(17)8-11/h6-8,10,12H,2-5,9H2,1H3,(H,18,19)/t10-,21+/m1/s1. The lowest BCUT2D eigenvalue weighted by Gasteiger charge is -2.16. The Hall–Kier alpha value is -0.580. The minimum atomic E-state index is -1.27. The van der Waals surface area contributed by atoms with E-state index in [0.29, 0.717) is 15.8 Å². The van der Waals surface area contributed by atoms with Gasteiger partial charge in [-0.15, -0.1) is 0 Å². The summed E-state index contributed by atoms with van der Waals surface area (Å²) < 4.78 is 12.3. The van der Waals surface area contributed by atoms with E-state index in [9.17, 15) is 9.00 Å². The van der Waals surface area contributed by atoms with Gasteiger partial charge in [-0.3, -0.25) is 9.00 Å². The fourth-order valence-corrected chi connectivity index (χ4v) is 3.81. The topological polar surface area (TPSA) is 46.2 Å². The SMILES string of the molecule is C[C@H](C(=O)NC1CCCC1)[S@@](=O)Cc1ccc(Cl)c(Cl)c1. The molecule has 1 aliphatic carbocycles. The lowest BCUT2D eigenvalue weighted by molar-refractivity contribution is -0.121. The summed E-state index contributed by atoms with van der Waals surface area (Å²) in [5.41, 5.74) is 0.822. The molecule has 21 heavy (non-hydrogen) atoms.